The molecule has 0 bridgehead atoms. The van der Waals surface area contributed by atoms with Gasteiger partial charge in [-0.05, 0) is 50.0 Å². The summed E-state index contributed by atoms with van der Waals surface area (Å²) < 4.78 is 7.46. The molecule has 1 aliphatic heterocycles. The van der Waals surface area contributed by atoms with Crippen LogP contribution >= 0.6 is 0 Å². The van der Waals surface area contributed by atoms with Gasteiger partial charge in [-0.2, -0.15) is 0 Å². The fourth-order valence-electron chi connectivity index (χ4n) is 3.71. The van der Waals surface area contributed by atoms with E-state index in [9.17, 15) is 9.59 Å². The molecule has 2 aliphatic rings. The monoisotopic (exact) mass is 341 g/mol. The maximum atomic E-state index is 12.8. The summed E-state index contributed by atoms with van der Waals surface area (Å²) in [5.41, 5.74) is 3.16. The van der Waals surface area contributed by atoms with Crippen LogP contribution in [0.5, 0.6) is 0 Å². The number of aromatic nitrogens is 1. The van der Waals surface area contributed by atoms with Crippen LogP contribution in [0.15, 0.2) is 34.9 Å². The molecule has 4 heteroatoms. The molecule has 0 N–H and O–H groups in total. The highest BCUT2D eigenvalue weighted by Gasteiger charge is 2.20. The predicted octanol–water partition coefficient (Wildman–Crippen LogP) is 3.85. The summed E-state index contributed by atoms with van der Waals surface area (Å²) in [5.74, 6) is 0.839. The molecule has 0 spiro atoms. The van der Waals surface area contributed by atoms with Gasteiger partial charge in [0, 0.05) is 37.7 Å². The van der Waals surface area contributed by atoms with Gasteiger partial charge < -0.3 is 9.30 Å². The second-order valence-corrected chi connectivity index (χ2v) is 7.40. The van der Waals surface area contributed by atoms with E-state index < -0.39 is 0 Å². The molecule has 134 valence electrons. The van der Waals surface area contributed by atoms with Gasteiger partial charge in [0.15, 0.2) is 11.7 Å². The van der Waals surface area contributed by atoms with Gasteiger partial charge in [0.2, 0.25) is 0 Å². The van der Waals surface area contributed by atoms with E-state index in [-0.39, 0.29) is 11.0 Å². The SMILES string of the molecule is CC1=CC=C(c2cn(CC3CCOCC3)cc(C=O)c2=O)C(C)CC1. The van der Waals surface area contributed by atoms with Crippen molar-refractivity contribution < 1.29 is 9.53 Å². The molecule has 2 heterocycles. The topological polar surface area (TPSA) is 48.3 Å². The van der Waals surface area contributed by atoms with E-state index >= 15 is 0 Å². The van der Waals surface area contributed by atoms with Crippen LogP contribution < -0.4 is 5.43 Å². The molecule has 3 rings (SSSR count). The number of hydrogen-bond donors (Lipinski definition) is 0. The number of ether oxygens (including phenoxy) is 1. The number of pyridine rings is 1. The van der Waals surface area contributed by atoms with E-state index in [2.05, 4.69) is 26.0 Å². The third-order valence-corrected chi connectivity index (χ3v) is 5.40. The van der Waals surface area contributed by atoms with Gasteiger partial charge in [0.05, 0.1) is 5.56 Å². The highest BCUT2D eigenvalue weighted by molar-refractivity contribution is 5.78. The highest BCUT2D eigenvalue weighted by Crippen LogP contribution is 2.30. The van der Waals surface area contributed by atoms with Crippen LogP contribution in [0, 0.1) is 11.8 Å². The third kappa shape index (κ3) is 4.18. The van der Waals surface area contributed by atoms with Crippen LogP contribution in [0.25, 0.3) is 5.57 Å². The molecular formula is C21H27NO3. The molecule has 0 saturated carbocycles. The minimum absolute atomic E-state index is 0.149. The lowest BCUT2D eigenvalue weighted by molar-refractivity contribution is 0.0612. The van der Waals surface area contributed by atoms with Crippen LogP contribution in [-0.2, 0) is 11.3 Å². The predicted molar refractivity (Wildman–Crippen MR) is 99.8 cm³/mol. The fourth-order valence-corrected chi connectivity index (χ4v) is 3.71. The Morgan fingerprint density at radius 2 is 1.96 bits per heavy atom. The molecule has 1 aliphatic carbocycles. The van der Waals surface area contributed by atoms with Crippen molar-refractivity contribution in [1.29, 1.82) is 0 Å². The van der Waals surface area contributed by atoms with E-state index in [0.29, 0.717) is 23.7 Å². The zero-order valence-electron chi connectivity index (χ0n) is 15.2. The van der Waals surface area contributed by atoms with Gasteiger partial charge in [-0.1, -0.05) is 24.6 Å². The average molecular weight is 341 g/mol. The molecule has 1 aromatic heterocycles. The lowest BCUT2D eigenvalue weighted by Gasteiger charge is -2.24. The van der Waals surface area contributed by atoms with Crippen molar-refractivity contribution in [1.82, 2.24) is 4.57 Å². The quantitative estimate of drug-likeness (QED) is 0.782. The second-order valence-electron chi connectivity index (χ2n) is 7.40. The van der Waals surface area contributed by atoms with Gasteiger partial charge in [0.1, 0.15) is 0 Å². The van der Waals surface area contributed by atoms with Crippen LogP contribution in [0.4, 0.5) is 0 Å². The Hall–Kier alpha value is -1.94. The molecule has 1 aromatic rings. The van der Waals surface area contributed by atoms with E-state index in [1.54, 1.807) is 6.20 Å². The number of nitrogens with zero attached hydrogens (tertiary/aromatic N) is 1. The number of carbonyl (C=O) groups is 1. The van der Waals surface area contributed by atoms with Gasteiger partial charge in [-0.15, -0.1) is 0 Å². The molecule has 1 saturated heterocycles. The number of rotatable bonds is 4. The molecule has 0 aromatic carbocycles. The minimum atomic E-state index is -0.149. The first-order valence-corrected chi connectivity index (χ1v) is 9.23. The standard InChI is InChI=1S/C21H27NO3/c1-15-3-5-16(2)19(6-4-15)20-13-22(12-18(14-23)21(20)24)11-17-7-9-25-10-8-17/h4,6,12-14,16-17H,3,5,7-11H2,1-2H3. The van der Waals surface area contributed by atoms with Crippen LogP contribution in [0.1, 0.15) is 55.5 Å². The van der Waals surface area contributed by atoms with E-state index in [1.165, 1.54) is 5.57 Å². The molecule has 1 fully saturated rings. The summed E-state index contributed by atoms with van der Waals surface area (Å²) >= 11 is 0. The van der Waals surface area contributed by atoms with Gasteiger partial charge >= 0.3 is 0 Å². The fraction of sp³-hybridized carbons (Fsp3) is 0.524. The lowest BCUT2D eigenvalue weighted by Crippen LogP contribution is -2.24. The Kier molecular flexibility index (Phi) is 5.69. The van der Waals surface area contributed by atoms with Gasteiger partial charge in [-0.3, -0.25) is 9.59 Å². The second kappa shape index (κ2) is 7.96. The summed E-state index contributed by atoms with van der Waals surface area (Å²) in [4.78, 5) is 24.2. The van der Waals surface area contributed by atoms with Crippen molar-refractivity contribution in [2.45, 2.75) is 46.1 Å². The minimum Gasteiger partial charge on any atom is -0.381 e. The summed E-state index contributed by atoms with van der Waals surface area (Å²) in [6, 6.07) is 0. The highest BCUT2D eigenvalue weighted by atomic mass is 16.5. The number of aldehydes is 1. The third-order valence-electron chi connectivity index (χ3n) is 5.40. The first-order chi connectivity index (χ1) is 12.1. The molecular weight excluding hydrogens is 314 g/mol. The van der Waals surface area contributed by atoms with Gasteiger partial charge in [0.25, 0.3) is 0 Å². The van der Waals surface area contributed by atoms with E-state index in [0.717, 1.165) is 51.0 Å². The summed E-state index contributed by atoms with van der Waals surface area (Å²) in [6.45, 7) is 6.70. The maximum Gasteiger partial charge on any atom is 0.199 e. The van der Waals surface area contributed by atoms with Crippen LogP contribution in [0.3, 0.4) is 0 Å². The van der Waals surface area contributed by atoms with Crippen molar-refractivity contribution >= 4 is 11.9 Å². The first kappa shape index (κ1) is 17.9. The smallest absolute Gasteiger partial charge is 0.199 e. The molecule has 1 unspecified atom stereocenters. The normalized spacial score (nSPS) is 22.1. The Morgan fingerprint density at radius 1 is 1.20 bits per heavy atom. The Morgan fingerprint density at radius 3 is 2.68 bits per heavy atom. The molecule has 0 radical (unpaired) electrons. The summed E-state index contributed by atoms with van der Waals surface area (Å²) in [7, 11) is 0. The van der Waals surface area contributed by atoms with Crippen LogP contribution in [-0.4, -0.2) is 24.1 Å². The van der Waals surface area contributed by atoms with Crippen molar-refractivity contribution in [3.8, 4) is 0 Å². The summed E-state index contributed by atoms with van der Waals surface area (Å²) in [6.07, 6.45) is 12.6. The molecule has 25 heavy (non-hydrogen) atoms. The average Bonchev–Trinajstić information content (AvgIpc) is 2.79. The van der Waals surface area contributed by atoms with E-state index in [1.807, 2.05) is 10.8 Å². The first-order valence-electron chi connectivity index (χ1n) is 9.23. The largest absolute Gasteiger partial charge is 0.381 e. The van der Waals surface area contributed by atoms with E-state index in [4.69, 9.17) is 4.74 Å². The maximum absolute atomic E-state index is 12.8. The summed E-state index contributed by atoms with van der Waals surface area (Å²) in [5, 5.41) is 0. The van der Waals surface area contributed by atoms with Crippen molar-refractivity contribution in [3.63, 3.8) is 0 Å². The molecule has 4 nitrogen and oxygen atoms in total. The lowest BCUT2D eigenvalue weighted by atomic mass is 9.91. The molecule has 0 amide bonds. The van der Waals surface area contributed by atoms with Crippen molar-refractivity contribution in [2.24, 2.45) is 11.8 Å². The van der Waals surface area contributed by atoms with Crippen molar-refractivity contribution in [3.05, 3.63) is 51.5 Å². The Balaban J connectivity index is 1.98. The molecule has 1 atom stereocenters. The van der Waals surface area contributed by atoms with Crippen LogP contribution in [0.2, 0.25) is 0 Å². The van der Waals surface area contributed by atoms with Crippen molar-refractivity contribution in [2.75, 3.05) is 13.2 Å². The number of hydrogen-bond acceptors (Lipinski definition) is 3. The number of allylic oxidation sites excluding steroid dienone is 4. The Bertz CT molecular complexity index is 751. The van der Waals surface area contributed by atoms with Gasteiger partial charge in [-0.25, -0.2) is 0 Å². The zero-order valence-corrected chi connectivity index (χ0v) is 15.2. The Labute approximate surface area is 149 Å². The number of carbonyl (C=O) groups excluding carboxylic acids is 1. The zero-order chi connectivity index (χ0) is 17.8.